The second kappa shape index (κ2) is 13.7. The molecule has 0 radical (unpaired) electrons. The van der Waals surface area contributed by atoms with E-state index < -0.39 is 5.41 Å². The predicted molar refractivity (Wildman–Crippen MR) is 273 cm³/mol. The summed E-state index contributed by atoms with van der Waals surface area (Å²) in [5.74, 6) is 1.78. The van der Waals surface area contributed by atoms with Gasteiger partial charge in [0.15, 0.2) is 0 Å². The number of ether oxygens (including phenoxy) is 1. The topological polar surface area (TPSA) is 12.5 Å². The zero-order chi connectivity index (χ0) is 43.8. The molecule has 2 heterocycles. The molecule has 2 aliphatic carbocycles. The predicted octanol–water partition coefficient (Wildman–Crippen LogP) is 17.3. The summed E-state index contributed by atoms with van der Waals surface area (Å²) in [6, 6.07) is 72.6. The van der Waals surface area contributed by atoms with Crippen molar-refractivity contribution in [1.82, 2.24) is 0 Å². The van der Waals surface area contributed by atoms with Crippen molar-refractivity contribution in [2.24, 2.45) is 0 Å². The van der Waals surface area contributed by atoms with E-state index in [1.807, 2.05) is 11.3 Å². The fourth-order valence-corrected chi connectivity index (χ4v) is 12.7. The van der Waals surface area contributed by atoms with Crippen molar-refractivity contribution in [3.8, 4) is 44.9 Å². The number of para-hydroxylation sites is 1. The third kappa shape index (κ3) is 5.40. The summed E-state index contributed by atoms with van der Waals surface area (Å²) in [5.41, 5.74) is 19.2. The van der Waals surface area contributed by atoms with E-state index in [2.05, 4.69) is 234 Å². The lowest BCUT2D eigenvalue weighted by atomic mass is 9.66. The standard InChI is InChI=1S/C62H47NOS/c1-60(2,3)40-27-31-45-46-32-28-42(37-58(46)65-57(45)35-40)63(54-24-15-23-51-59(54)47-30-26-39(34-52(47)61(51,4)5)38-16-7-6-8-17-38)41-29-33-56-53(36-41)62(50-22-13-14-25-55(50)64-56)48-20-11-9-18-43(48)44-19-10-12-21-49(44)62/h6-37H,1-5H3. The smallest absolute Gasteiger partial charge is 0.132 e. The molecule has 0 N–H and O–H groups in total. The van der Waals surface area contributed by atoms with E-state index >= 15 is 0 Å². The Kier molecular flexibility index (Phi) is 8.04. The molecule has 10 aromatic rings. The lowest BCUT2D eigenvalue weighted by molar-refractivity contribution is 0.436. The third-order valence-corrected chi connectivity index (χ3v) is 15.8. The lowest BCUT2D eigenvalue weighted by Gasteiger charge is -2.40. The van der Waals surface area contributed by atoms with Gasteiger partial charge in [0.1, 0.15) is 11.5 Å². The van der Waals surface area contributed by atoms with Gasteiger partial charge in [-0.1, -0.05) is 174 Å². The van der Waals surface area contributed by atoms with Gasteiger partial charge in [-0.2, -0.15) is 0 Å². The summed E-state index contributed by atoms with van der Waals surface area (Å²) < 4.78 is 9.55. The van der Waals surface area contributed by atoms with Gasteiger partial charge in [0.25, 0.3) is 0 Å². The van der Waals surface area contributed by atoms with Gasteiger partial charge in [-0.15, -0.1) is 11.3 Å². The Morgan fingerprint density at radius 2 is 1.06 bits per heavy atom. The van der Waals surface area contributed by atoms with Crippen molar-refractivity contribution in [3.05, 3.63) is 233 Å². The van der Waals surface area contributed by atoms with Gasteiger partial charge in [0.05, 0.1) is 11.1 Å². The van der Waals surface area contributed by atoms with Crippen LogP contribution in [0.5, 0.6) is 11.5 Å². The van der Waals surface area contributed by atoms with E-state index in [0.717, 1.165) is 34.1 Å². The van der Waals surface area contributed by atoms with Crippen LogP contribution in [0.4, 0.5) is 17.1 Å². The molecule has 1 aliphatic heterocycles. The van der Waals surface area contributed by atoms with Crippen molar-refractivity contribution >= 4 is 48.6 Å². The van der Waals surface area contributed by atoms with E-state index in [4.69, 9.17) is 4.74 Å². The van der Waals surface area contributed by atoms with Crippen LogP contribution in [0.25, 0.3) is 53.6 Å². The number of hydrogen-bond donors (Lipinski definition) is 0. The fraction of sp³-hybridized carbons (Fsp3) is 0.129. The minimum Gasteiger partial charge on any atom is -0.457 e. The highest BCUT2D eigenvalue weighted by Gasteiger charge is 2.51. The summed E-state index contributed by atoms with van der Waals surface area (Å²) in [5, 5.41) is 2.60. The minimum atomic E-state index is -0.583. The first-order valence-corrected chi connectivity index (χ1v) is 23.6. The summed E-state index contributed by atoms with van der Waals surface area (Å²) in [6.07, 6.45) is 0. The number of fused-ring (bicyclic) bond motifs is 15. The number of rotatable bonds is 4. The quantitative estimate of drug-likeness (QED) is 0.175. The first-order valence-electron chi connectivity index (χ1n) is 22.8. The van der Waals surface area contributed by atoms with Crippen LogP contribution in [-0.2, 0) is 16.2 Å². The normalized spacial score (nSPS) is 14.6. The molecule has 2 nitrogen and oxygen atoms in total. The molecule has 1 spiro atoms. The Labute approximate surface area is 385 Å². The van der Waals surface area contributed by atoms with Crippen molar-refractivity contribution in [1.29, 1.82) is 0 Å². The second-order valence-corrected chi connectivity index (χ2v) is 20.7. The molecule has 0 fully saturated rings. The van der Waals surface area contributed by atoms with E-state index in [1.54, 1.807) is 0 Å². The third-order valence-electron chi connectivity index (χ3n) is 14.7. The van der Waals surface area contributed by atoms with E-state index in [9.17, 15) is 0 Å². The molecule has 0 saturated heterocycles. The monoisotopic (exact) mass is 853 g/mol. The Morgan fingerprint density at radius 3 is 1.82 bits per heavy atom. The maximum Gasteiger partial charge on any atom is 0.132 e. The van der Waals surface area contributed by atoms with Crippen LogP contribution < -0.4 is 9.64 Å². The SMILES string of the molecule is CC(C)(C)c1ccc2c(c1)sc1cc(N(c3ccc4c(c3)C3(c5ccccc5O4)c4ccccc4-c4ccccc43)c3cccc4c3-c3ccc(-c5ccccc5)cc3C4(C)C)ccc12. The van der Waals surface area contributed by atoms with Crippen LogP contribution >= 0.6 is 11.3 Å². The van der Waals surface area contributed by atoms with Crippen molar-refractivity contribution in [2.45, 2.75) is 50.9 Å². The van der Waals surface area contributed by atoms with Gasteiger partial charge in [-0.25, -0.2) is 0 Å². The number of thiophene rings is 1. The van der Waals surface area contributed by atoms with Gasteiger partial charge in [0, 0.05) is 53.7 Å². The average Bonchev–Trinajstić information content (AvgIpc) is 3.92. The lowest BCUT2D eigenvalue weighted by Crippen LogP contribution is -2.32. The Bertz CT molecular complexity index is 3560. The summed E-state index contributed by atoms with van der Waals surface area (Å²) in [7, 11) is 0. The highest BCUT2D eigenvalue weighted by atomic mass is 32.1. The molecule has 1 aromatic heterocycles. The summed E-state index contributed by atoms with van der Waals surface area (Å²) in [4.78, 5) is 2.53. The molecule has 0 bridgehead atoms. The summed E-state index contributed by atoms with van der Waals surface area (Å²) in [6.45, 7) is 11.7. The van der Waals surface area contributed by atoms with E-state index in [-0.39, 0.29) is 10.8 Å². The van der Waals surface area contributed by atoms with E-state index in [1.165, 1.54) is 86.9 Å². The molecule has 3 heteroatoms. The largest absolute Gasteiger partial charge is 0.457 e. The molecule has 0 unspecified atom stereocenters. The van der Waals surface area contributed by atoms with Crippen LogP contribution in [0, 0.1) is 0 Å². The second-order valence-electron chi connectivity index (χ2n) is 19.6. The van der Waals surface area contributed by atoms with Crippen LogP contribution in [0.15, 0.2) is 194 Å². The van der Waals surface area contributed by atoms with Crippen LogP contribution in [0.3, 0.4) is 0 Å². The van der Waals surface area contributed by atoms with Crippen molar-refractivity contribution < 1.29 is 4.74 Å². The average molecular weight is 854 g/mol. The van der Waals surface area contributed by atoms with Gasteiger partial charge in [0.2, 0.25) is 0 Å². The summed E-state index contributed by atoms with van der Waals surface area (Å²) >= 11 is 1.90. The Balaban J connectivity index is 1.08. The first-order chi connectivity index (χ1) is 31.6. The molecule has 3 aliphatic rings. The highest BCUT2D eigenvalue weighted by molar-refractivity contribution is 7.25. The minimum absolute atomic E-state index is 0.0698. The van der Waals surface area contributed by atoms with Crippen molar-refractivity contribution in [3.63, 3.8) is 0 Å². The Hall–Kier alpha value is -7.20. The van der Waals surface area contributed by atoms with E-state index in [0.29, 0.717) is 0 Å². The zero-order valence-electron chi connectivity index (χ0n) is 37.2. The van der Waals surface area contributed by atoms with Gasteiger partial charge < -0.3 is 9.64 Å². The molecule has 0 atom stereocenters. The first kappa shape index (κ1) is 38.3. The molecular formula is C62H47NOS. The molecular weight excluding hydrogens is 807 g/mol. The molecule has 9 aromatic carbocycles. The van der Waals surface area contributed by atoms with Crippen LogP contribution in [0.1, 0.15) is 73.6 Å². The maximum atomic E-state index is 6.94. The number of benzene rings is 9. The van der Waals surface area contributed by atoms with Gasteiger partial charge in [-0.3, -0.25) is 0 Å². The van der Waals surface area contributed by atoms with Gasteiger partial charge in [-0.05, 0) is 116 Å². The molecule has 312 valence electrons. The molecule has 13 rings (SSSR count). The molecule has 0 amide bonds. The molecule has 0 saturated carbocycles. The van der Waals surface area contributed by atoms with Crippen LogP contribution in [-0.4, -0.2) is 0 Å². The highest BCUT2D eigenvalue weighted by Crippen LogP contribution is 2.63. The molecule has 65 heavy (non-hydrogen) atoms. The zero-order valence-corrected chi connectivity index (χ0v) is 38.1. The number of nitrogens with zero attached hydrogens (tertiary/aromatic N) is 1. The van der Waals surface area contributed by atoms with Crippen LogP contribution in [0.2, 0.25) is 0 Å². The van der Waals surface area contributed by atoms with Gasteiger partial charge >= 0.3 is 0 Å². The maximum absolute atomic E-state index is 6.94. The number of anilines is 3. The fourth-order valence-electron chi connectivity index (χ4n) is 11.5. The Morgan fingerprint density at radius 1 is 0.446 bits per heavy atom. The number of hydrogen-bond acceptors (Lipinski definition) is 3. The van der Waals surface area contributed by atoms with Crippen molar-refractivity contribution in [2.75, 3.05) is 4.90 Å².